The van der Waals surface area contributed by atoms with Gasteiger partial charge >= 0.3 is 12.1 Å². The lowest BCUT2D eigenvalue weighted by Crippen LogP contribution is -2.59. The molecule has 1 saturated heterocycles. The molecule has 0 unspecified atom stereocenters. The molecule has 0 spiro atoms. The van der Waals surface area contributed by atoms with Crippen LogP contribution in [0.4, 0.5) is 4.79 Å². The van der Waals surface area contributed by atoms with Crippen molar-refractivity contribution in [2.45, 2.75) is 77.3 Å². The van der Waals surface area contributed by atoms with Crippen LogP contribution in [0.25, 0.3) is 0 Å². The van der Waals surface area contributed by atoms with Gasteiger partial charge in [-0.1, -0.05) is 0 Å². The number of aliphatic hydroxyl groups is 1. The molecule has 0 aliphatic carbocycles. The SMILES string of the molecule is C[C@H](NC(=O)[C@H]([C@H](C)O)N(C)C(=O)[C@@H]1CCCN1C(=O)OC(C)(C)C)C(=O)O. The minimum absolute atomic E-state index is 0.348. The fourth-order valence-corrected chi connectivity index (χ4v) is 3.01. The van der Waals surface area contributed by atoms with E-state index in [1.807, 2.05) is 0 Å². The standard InChI is InChI=1S/C18H31N3O7/c1-10(16(25)26)19-14(23)13(11(2)22)20(6)15(24)12-8-7-9-21(12)17(27)28-18(3,4)5/h10-13,22H,7-9H2,1-6H3,(H,19,23)(H,25,26)/t10-,11-,12-,13-/m0/s1. The third-order valence-corrected chi connectivity index (χ3v) is 4.39. The van der Waals surface area contributed by atoms with Crippen molar-refractivity contribution >= 4 is 23.9 Å². The fourth-order valence-electron chi connectivity index (χ4n) is 3.01. The second-order valence-corrected chi connectivity index (χ2v) is 8.03. The lowest BCUT2D eigenvalue weighted by molar-refractivity contribution is -0.148. The number of carboxylic acid groups (broad SMARTS) is 1. The summed E-state index contributed by atoms with van der Waals surface area (Å²) in [5.41, 5.74) is -0.714. The molecule has 1 fully saturated rings. The first-order valence-electron chi connectivity index (χ1n) is 9.23. The van der Waals surface area contributed by atoms with Gasteiger partial charge in [0.15, 0.2) is 0 Å². The summed E-state index contributed by atoms with van der Waals surface area (Å²) in [5, 5.41) is 21.2. The number of rotatable bonds is 6. The molecule has 28 heavy (non-hydrogen) atoms. The number of likely N-dealkylation sites (N-methyl/N-ethyl adjacent to an activating group) is 1. The zero-order chi connectivity index (χ0) is 21.8. The number of carbonyl (C=O) groups excluding carboxylic acids is 3. The Bertz CT molecular complexity index is 615. The van der Waals surface area contributed by atoms with Gasteiger partial charge in [-0.25, -0.2) is 4.79 Å². The number of ether oxygens (including phenoxy) is 1. The van der Waals surface area contributed by atoms with Crippen molar-refractivity contribution in [3.63, 3.8) is 0 Å². The number of hydrogen-bond acceptors (Lipinski definition) is 6. The highest BCUT2D eigenvalue weighted by Gasteiger charge is 2.41. The molecule has 0 aromatic carbocycles. The van der Waals surface area contributed by atoms with Gasteiger partial charge in [0.2, 0.25) is 11.8 Å². The number of hydrogen-bond donors (Lipinski definition) is 3. The molecule has 1 heterocycles. The van der Waals surface area contributed by atoms with E-state index in [0.717, 1.165) is 4.90 Å². The number of amides is 3. The second kappa shape index (κ2) is 9.22. The van der Waals surface area contributed by atoms with Crippen LogP contribution in [0.1, 0.15) is 47.5 Å². The maximum atomic E-state index is 13.0. The second-order valence-electron chi connectivity index (χ2n) is 8.03. The number of nitrogens with one attached hydrogen (secondary N) is 1. The minimum atomic E-state index is -1.30. The number of nitrogens with zero attached hydrogens (tertiary/aromatic N) is 2. The fraction of sp³-hybridized carbons (Fsp3) is 0.778. The summed E-state index contributed by atoms with van der Waals surface area (Å²) >= 11 is 0. The van der Waals surface area contributed by atoms with E-state index in [0.29, 0.717) is 19.4 Å². The molecular formula is C18H31N3O7. The largest absolute Gasteiger partial charge is 0.480 e. The van der Waals surface area contributed by atoms with Gasteiger partial charge in [0.1, 0.15) is 23.7 Å². The van der Waals surface area contributed by atoms with Gasteiger partial charge in [-0.3, -0.25) is 19.3 Å². The van der Waals surface area contributed by atoms with Crippen molar-refractivity contribution in [1.29, 1.82) is 0 Å². The van der Waals surface area contributed by atoms with Gasteiger partial charge in [0.05, 0.1) is 6.10 Å². The van der Waals surface area contributed by atoms with Crippen molar-refractivity contribution in [2.24, 2.45) is 0 Å². The number of aliphatic hydroxyl groups excluding tert-OH is 1. The van der Waals surface area contributed by atoms with Crippen molar-refractivity contribution in [3.05, 3.63) is 0 Å². The molecule has 0 bridgehead atoms. The summed E-state index contributed by atoms with van der Waals surface area (Å²) in [4.78, 5) is 51.1. The Kier molecular flexibility index (Phi) is 7.80. The normalized spacial score (nSPS) is 20.1. The van der Waals surface area contributed by atoms with Crippen LogP contribution >= 0.6 is 0 Å². The van der Waals surface area contributed by atoms with Crippen molar-refractivity contribution < 1.29 is 34.1 Å². The quantitative estimate of drug-likeness (QED) is 0.577. The van der Waals surface area contributed by atoms with Gasteiger partial charge in [-0.2, -0.15) is 0 Å². The van der Waals surface area contributed by atoms with Crippen molar-refractivity contribution in [3.8, 4) is 0 Å². The van der Waals surface area contributed by atoms with Gasteiger partial charge in [-0.05, 0) is 47.5 Å². The Labute approximate surface area is 164 Å². The number of carboxylic acids is 1. The van der Waals surface area contributed by atoms with Crippen LogP contribution in [0, 0.1) is 0 Å². The summed E-state index contributed by atoms with van der Waals surface area (Å²) in [5.74, 6) is -2.55. The van der Waals surface area contributed by atoms with Crippen molar-refractivity contribution in [1.82, 2.24) is 15.1 Å². The molecule has 0 aromatic rings. The van der Waals surface area contributed by atoms with E-state index in [4.69, 9.17) is 9.84 Å². The maximum absolute atomic E-state index is 13.0. The Hall–Kier alpha value is -2.36. The topological polar surface area (TPSA) is 136 Å². The summed E-state index contributed by atoms with van der Waals surface area (Å²) < 4.78 is 5.34. The number of carbonyl (C=O) groups is 4. The highest BCUT2D eigenvalue weighted by Crippen LogP contribution is 2.23. The van der Waals surface area contributed by atoms with E-state index in [2.05, 4.69) is 5.32 Å². The monoisotopic (exact) mass is 401 g/mol. The zero-order valence-corrected chi connectivity index (χ0v) is 17.3. The molecule has 10 heteroatoms. The maximum Gasteiger partial charge on any atom is 0.410 e. The van der Waals surface area contributed by atoms with Crippen molar-refractivity contribution in [2.75, 3.05) is 13.6 Å². The number of likely N-dealkylation sites (tertiary alicyclic amines) is 1. The van der Waals surface area contributed by atoms with E-state index in [1.165, 1.54) is 25.8 Å². The van der Waals surface area contributed by atoms with Crippen LogP contribution in [0.3, 0.4) is 0 Å². The van der Waals surface area contributed by atoms with E-state index in [1.54, 1.807) is 20.8 Å². The Morgan fingerprint density at radius 2 is 1.79 bits per heavy atom. The highest BCUT2D eigenvalue weighted by molar-refractivity contribution is 5.93. The lowest BCUT2D eigenvalue weighted by Gasteiger charge is -2.34. The predicted octanol–water partition coefficient (Wildman–Crippen LogP) is 0.183. The molecule has 0 aromatic heterocycles. The summed E-state index contributed by atoms with van der Waals surface area (Å²) in [6, 6.07) is -3.29. The molecule has 3 amide bonds. The molecule has 1 aliphatic rings. The predicted molar refractivity (Wildman–Crippen MR) is 99.4 cm³/mol. The first-order chi connectivity index (χ1) is 12.8. The van der Waals surface area contributed by atoms with Crippen LogP contribution < -0.4 is 5.32 Å². The first kappa shape index (κ1) is 23.7. The van der Waals surface area contributed by atoms with Crippen LogP contribution in [0.2, 0.25) is 0 Å². The average molecular weight is 401 g/mol. The Morgan fingerprint density at radius 3 is 2.25 bits per heavy atom. The molecule has 1 aliphatic heterocycles. The smallest absolute Gasteiger partial charge is 0.410 e. The molecule has 4 atom stereocenters. The van der Waals surface area contributed by atoms with Gasteiger partial charge in [0.25, 0.3) is 0 Å². The van der Waals surface area contributed by atoms with Gasteiger partial charge in [-0.15, -0.1) is 0 Å². The lowest BCUT2D eigenvalue weighted by atomic mass is 10.1. The van der Waals surface area contributed by atoms with Crippen LogP contribution in [-0.4, -0.2) is 87.3 Å². The summed E-state index contributed by atoms with van der Waals surface area (Å²) in [7, 11) is 1.34. The minimum Gasteiger partial charge on any atom is -0.480 e. The molecule has 160 valence electrons. The zero-order valence-electron chi connectivity index (χ0n) is 17.3. The van der Waals surface area contributed by atoms with Crippen LogP contribution in [0.15, 0.2) is 0 Å². The molecule has 3 N–H and O–H groups in total. The molecule has 1 rings (SSSR count). The third kappa shape index (κ3) is 6.08. The average Bonchev–Trinajstić information content (AvgIpc) is 3.01. The van der Waals surface area contributed by atoms with E-state index in [9.17, 15) is 24.3 Å². The number of aliphatic carboxylic acids is 1. The summed E-state index contributed by atoms with van der Waals surface area (Å²) in [6.45, 7) is 8.13. The molecular weight excluding hydrogens is 370 g/mol. The van der Waals surface area contributed by atoms with Gasteiger partial charge < -0.3 is 25.2 Å². The van der Waals surface area contributed by atoms with E-state index >= 15 is 0 Å². The Morgan fingerprint density at radius 1 is 1.21 bits per heavy atom. The van der Waals surface area contributed by atoms with Crippen LogP contribution in [0.5, 0.6) is 0 Å². The van der Waals surface area contributed by atoms with E-state index < -0.39 is 53.7 Å². The van der Waals surface area contributed by atoms with E-state index in [-0.39, 0.29) is 0 Å². The molecule has 10 nitrogen and oxygen atoms in total. The Balaban J connectivity index is 2.95. The summed E-state index contributed by atoms with van der Waals surface area (Å²) in [6.07, 6.45) is -0.853. The first-order valence-corrected chi connectivity index (χ1v) is 9.23. The molecule has 0 radical (unpaired) electrons. The molecule has 0 saturated carbocycles. The highest BCUT2D eigenvalue weighted by atomic mass is 16.6. The third-order valence-electron chi connectivity index (χ3n) is 4.39. The van der Waals surface area contributed by atoms with Gasteiger partial charge in [0, 0.05) is 13.6 Å². The van der Waals surface area contributed by atoms with Crippen LogP contribution in [-0.2, 0) is 19.1 Å².